The van der Waals surface area contributed by atoms with Gasteiger partial charge < -0.3 is 14.7 Å². The SMILES string of the molecule is C[C@@H]1CN(C[C@H]2CN(C(=O)CCc3ccccc3F)C[C@H]2CO)C[C@H](C)O1. The molecule has 0 bridgehead atoms. The van der Waals surface area contributed by atoms with Gasteiger partial charge in [0.2, 0.25) is 5.91 Å². The van der Waals surface area contributed by atoms with Crippen LogP contribution in [0.25, 0.3) is 0 Å². The number of hydrogen-bond acceptors (Lipinski definition) is 4. The van der Waals surface area contributed by atoms with Gasteiger partial charge in [-0.2, -0.15) is 0 Å². The van der Waals surface area contributed by atoms with Crippen molar-refractivity contribution in [2.75, 3.05) is 39.3 Å². The number of rotatable bonds is 6. The normalized spacial score (nSPS) is 29.3. The first-order chi connectivity index (χ1) is 13.0. The molecule has 27 heavy (non-hydrogen) atoms. The molecule has 3 rings (SSSR count). The highest BCUT2D eigenvalue weighted by Crippen LogP contribution is 2.26. The standard InChI is InChI=1S/C21H31FN2O3/c1-15-9-23(10-16(2)27-15)11-18-12-24(13-19(18)14-25)21(26)8-7-17-5-3-4-6-20(17)22/h3-6,15-16,18-19,25H,7-14H2,1-2H3/t15-,16+,18-,19-/m0/s1. The molecule has 150 valence electrons. The highest BCUT2D eigenvalue weighted by molar-refractivity contribution is 5.76. The van der Waals surface area contributed by atoms with Gasteiger partial charge in [0.15, 0.2) is 0 Å². The summed E-state index contributed by atoms with van der Waals surface area (Å²) in [5, 5.41) is 9.78. The molecule has 1 aromatic carbocycles. The average Bonchev–Trinajstić information content (AvgIpc) is 3.03. The lowest BCUT2D eigenvalue weighted by Crippen LogP contribution is -2.48. The number of aliphatic hydroxyl groups excluding tert-OH is 1. The van der Waals surface area contributed by atoms with Gasteiger partial charge in [-0.05, 0) is 37.8 Å². The molecule has 2 heterocycles. The molecule has 1 aromatic rings. The summed E-state index contributed by atoms with van der Waals surface area (Å²) in [7, 11) is 0. The third-order valence-electron chi connectivity index (χ3n) is 5.72. The number of amides is 1. The van der Waals surface area contributed by atoms with Crippen molar-refractivity contribution in [2.24, 2.45) is 11.8 Å². The minimum atomic E-state index is -0.256. The third-order valence-corrected chi connectivity index (χ3v) is 5.72. The van der Waals surface area contributed by atoms with Gasteiger partial charge in [0.25, 0.3) is 0 Å². The summed E-state index contributed by atoms with van der Waals surface area (Å²) in [6.07, 6.45) is 1.13. The first-order valence-corrected chi connectivity index (χ1v) is 9.96. The summed E-state index contributed by atoms with van der Waals surface area (Å²) in [5.74, 6) is 0.164. The smallest absolute Gasteiger partial charge is 0.222 e. The monoisotopic (exact) mass is 378 g/mol. The van der Waals surface area contributed by atoms with Gasteiger partial charge in [-0.1, -0.05) is 18.2 Å². The Morgan fingerprint density at radius 1 is 1.15 bits per heavy atom. The molecule has 6 heteroatoms. The largest absolute Gasteiger partial charge is 0.396 e. The summed E-state index contributed by atoms with van der Waals surface area (Å²) >= 11 is 0. The van der Waals surface area contributed by atoms with Gasteiger partial charge in [-0.25, -0.2) is 4.39 Å². The van der Waals surface area contributed by atoms with Crippen LogP contribution in [0.1, 0.15) is 25.8 Å². The second-order valence-corrected chi connectivity index (χ2v) is 8.07. The highest BCUT2D eigenvalue weighted by Gasteiger charge is 2.36. The van der Waals surface area contributed by atoms with Crippen LogP contribution in [-0.2, 0) is 16.0 Å². The van der Waals surface area contributed by atoms with Crippen LogP contribution in [-0.4, -0.2) is 72.4 Å². The minimum Gasteiger partial charge on any atom is -0.396 e. The zero-order valence-corrected chi connectivity index (χ0v) is 16.3. The maximum atomic E-state index is 13.7. The lowest BCUT2D eigenvalue weighted by molar-refractivity contribution is -0.130. The van der Waals surface area contributed by atoms with Crippen LogP contribution in [0.4, 0.5) is 4.39 Å². The number of halogens is 1. The fraction of sp³-hybridized carbons (Fsp3) is 0.667. The van der Waals surface area contributed by atoms with Crippen molar-refractivity contribution in [3.63, 3.8) is 0 Å². The van der Waals surface area contributed by atoms with E-state index < -0.39 is 0 Å². The van der Waals surface area contributed by atoms with E-state index in [1.165, 1.54) is 6.07 Å². The van der Waals surface area contributed by atoms with E-state index in [2.05, 4.69) is 18.7 Å². The number of likely N-dealkylation sites (tertiary alicyclic amines) is 1. The molecule has 2 aliphatic heterocycles. The number of aliphatic hydroxyl groups is 1. The molecule has 0 spiro atoms. The zero-order chi connectivity index (χ0) is 19.4. The molecule has 5 nitrogen and oxygen atoms in total. The van der Waals surface area contributed by atoms with E-state index in [0.717, 1.165) is 19.6 Å². The van der Waals surface area contributed by atoms with E-state index in [1.807, 2.05) is 4.90 Å². The van der Waals surface area contributed by atoms with E-state index in [0.29, 0.717) is 31.5 Å². The number of aryl methyl sites for hydroxylation is 1. The van der Waals surface area contributed by atoms with E-state index in [9.17, 15) is 14.3 Å². The molecule has 0 saturated carbocycles. The van der Waals surface area contributed by atoms with Crippen LogP contribution in [0.15, 0.2) is 24.3 Å². The fourth-order valence-electron chi connectivity index (χ4n) is 4.42. The molecule has 1 N–H and O–H groups in total. The first-order valence-electron chi connectivity index (χ1n) is 9.96. The Bertz CT molecular complexity index is 632. The summed E-state index contributed by atoms with van der Waals surface area (Å²) in [5.41, 5.74) is 0.580. The summed E-state index contributed by atoms with van der Waals surface area (Å²) in [6.45, 7) is 8.17. The van der Waals surface area contributed by atoms with Crippen molar-refractivity contribution < 1.29 is 19.0 Å². The molecule has 0 aromatic heterocycles. The topological polar surface area (TPSA) is 53.0 Å². The quantitative estimate of drug-likeness (QED) is 0.822. The Morgan fingerprint density at radius 3 is 2.48 bits per heavy atom. The maximum absolute atomic E-state index is 13.7. The van der Waals surface area contributed by atoms with Gasteiger partial charge in [0, 0.05) is 51.7 Å². The van der Waals surface area contributed by atoms with Gasteiger partial charge >= 0.3 is 0 Å². The number of nitrogens with zero attached hydrogens (tertiary/aromatic N) is 2. The minimum absolute atomic E-state index is 0.0444. The predicted octanol–water partition coefficient (Wildman–Crippen LogP) is 1.93. The van der Waals surface area contributed by atoms with Crippen molar-refractivity contribution in [1.29, 1.82) is 0 Å². The van der Waals surface area contributed by atoms with Crippen LogP contribution in [0.2, 0.25) is 0 Å². The Morgan fingerprint density at radius 2 is 1.81 bits per heavy atom. The molecule has 2 saturated heterocycles. The highest BCUT2D eigenvalue weighted by atomic mass is 19.1. The second kappa shape index (κ2) is 9.13. The van der Waals surface area contributed by atoms with Crippen LogP contribution in [0.3, 0.4) is 0 Å². The summed E-state index contributed by atoms with van der Waals surface area (Å²) < 4.78 is 19.5. The molecule has 1 amide bonds. The number of benzene rings is 1. The lowest BCUT2D eigenvalue weighted by Gasteiger charge is -2.37. The van der Waals surface area contributed by atoms with Crippen LogP contribution in [0, 0.1) is 17.7 Å². The number of hydrogen-bond donors (Lipinski definition) is 1. The van der Waals surface area contributed by atoms with Crippen molar-refractivity contribution in [3.05, 3.63) is 35.6 Å². The van der Waals surface area contributed by atoms with Crippen molar-refractivity contribution in [1.82, 2.24) is 9.80 Å². The number of carbonyl (C=O) groups excluding carboxylic acids is 1. The zero-order valence-electron chi connectivity index (χ0n) is 16.3. The van der Waals surface area contributed by atoms with Crippen LogP contribution >= 0.6 is 0 Å². The Labute approximate surface area is 161 Å². The van der Waals surface area contributed by atoms with Crippen LogP contribution < -0.4 is 0 Å². The predicted molar refractivity (Wildman–Crippen MR) is 102 cm³/mol. The van der Waals surface area contributed by atoms with E-state index in [-0.39, 0.29) is 42.4 Å². The maximum Gasteiger partial charge on any atom is 0.222 e. The number of carbonyl (C=O) groups is 1. The Balaban J connectivity index is 1.53. The van der Waals surface area contributed by atoms with Crippen molar-refractivity contribution in [2.45, 2.75) is 38.9 Å². The molecule has 4 atom stereocenters. The summed E-state index contributed by atoms with van der Waals surface area (Å²) in [4.78, 5) is 16.9. The fourth-order valence-corrected chi connectivity index (χ4v) is 4.42. The van der Waals surface area contributed by atoms with Crippen LogP contribution in [0.5, 0.6) is 0 Å². The molecule has 2 fully saturated rings. The first kappa shape index (κ1) is 20.2. The molecule has 2 aliphatic rings. The molecular weight excluding hydrogens is 347 g/mol. The van der Waals surface area contributed by atoms with Crippen molar-refractivity contribution >= 4 is 5.91 Å². The van der Waals surface area contributed by atoms with E-state index in [4.69, 9.17) is 4.74 Å². The average molecular weight is 378 g/mol. The van der Waals surface area contributed by atoms with E-state index in [1.54, 1.807) is 18.2 Å². The summed E-state index contributed by atoms with van der Waals surface area (Å²) in [6, 6.07) is 6.61. The second-order valence-electron chi connectivity index (χ2n) is 8.07. The number of ether oxygens (including phenoxy) is 1. The molecule has 0 unspecified atom stereocenters. The Kier molecular flexibility index (Phi) is 6.84. The number of morpholine rings is 1. The van der Waals surface area contributed by atoms with Gasteiger partial charge in [0.05, 0.1) is 12.2 Å². The Hall–Kier alpha value is -1.50. The molecule has 0 radical (unpaired) electrons. The van der Waals surface area contributed by atoms with Gasteiger partial charge in [-0.3, -0.25) is 9.69 Å². The third kappa shape index (κ3) is 5.27. The van der Waals surface area contributed by atoms with Crippen molar-refractivity contribution in [3.8, 4) is 0 Å². The molecular formula is C21H31FN2O3. The van der Waals surface area contributed by atoms with Gasteiger partial charge in [-0.15, -0.1) is 0 Å². The molecule has 0 aliphatic carbocycles. The van der Waals surface area contributed by atoms with Gasteiger partial charge in [0.1, 0.15) is 5.82 Å². The lowest BCUT2D eigenvalue weighted by atomic mass is 9.96. The van der Waals surface area contributed by atoms with E-state index >= 15 is 0 Å².